The van der Waals surface area contributed by atoms with Crippen LogP contribution in [0, 0.1) is 0 Å². The van der Waals surface area contributed by atoms with E-state index >= 15 is 0 Å². The number of carbonyl (C=O) groups is 3. The fraction of sp³-hybridized carbons (Fsp3) is 0.667. The maximum atomic E-state index is 11.7. The van der Waals surface area contributed by atoms with E-state index in [0.717, 1.165) is 7.11 Å². The summed E-state index contributed by atoms with van der Waals surface area (Å²) in [5.74, 6) is 0. The quantitative estimate of drug-likeness (QED) is 0.478. The van der Waals surface area contributed by atoms with Crippen molar-refractivity contribution in [2.45, 2.75) is 12.6 Å². The van der Waals surface area contributed by atoms with Crippen molar-refractivity contribution in [1.29, 1.82) is 0 Å². The third kappa shape index (κ3) is 29.3. The van der Waals surface area contributed by atoms with Gasteiger partial charge in [-0.1, -0.05) is 15.9 Å². The van der Waals surface area contributed by atoms with Crippen molar-refractivity contribution in [2.24, 2.45) is 0 Å². The molecule has 0 saturated carbocycles. The van der Waals surface area contributed by atoms with Crippen molar-refractivity contribution in [3.8, 4) is 0 Å². The molecule has 0 aliphatic rings. The molecule has 108 valence electrons. The smallest absolute Gasteiger partial charge is 0.450 e. The molecule has 0 fully saturated rings. The molecule has 0 heterocycles. The molecule has 0 saturated heterocycles. The van der Waals surface area contributed by atoms with Crippen LogP contribution in [-0.2, 0) is 19.0 Å². The first kappa shape index (κ1) is 21.9. The van der Waals surface area contributed by atoms with Crippen molar-refractivity contribution < 1.29 is 38.1 Å². The molecular formula is C9H16BrFO7. The lowest BCUT2D eigenvalue weighted by Crippen LogP contribution is -2.00. The van der Waals surface area contributed by atoms with Gasteiger partial charge in [-0.15, -0.1) is 0 Å². The Balaban J connectivity index is -0.000000190. The summed E-state index contributed by atoms with van der Waals surface area (Å²) in [6.45, 7) is 0. The largest absolute Gasteiger partial charge is 0.507 e. The lowest BCUT2D eigenvalue weighted by molar-refractivity contribution is -0.111. The molecule has 0 aromatic rings. The van der Waals surface area contributed by atoms with E-state index in [2.05, 4.69) is 30.1 Å². The zero-order valence-corrected chi connectivity index (χ0v) is 11.8. The van der Waals surface area contributed by atoms with Crippen molar-refractivity contribution >= 4 is 34.5 Å². The zero-order chi connectivity index (χ0) is 15.0. The van der Waals surface area contributed by atoms with Crippen LogP contribution in [0.15, 0.2) is 0 Å². The summed E-state index contributed by atoms with van der Waals surface area (Å²) < 4.78 is 23.5. The first-order valence-corrected chi connectivity index (χ1v) is 5.55. The number of hydrogen-bond donors (Lipinski definition) is 1. The van der Waals surface area contributed by atoms with Gasteiger partial charge in [0.2, 0.25) is 0 Å². The summed E-state index contributed by atoms with van der Waals surface area (Å²) in [6, 6.07) is 0. The van der Waals surface area contributed by atoms with Gasteiger partial charge in [0.25, 0.3) is 0 Å². The zero-order valence-electron chi connectivity index (χ0n) is 10.2. The fourth-order valence-corrected chi connectivity index (χ4v) is 0.693. The van der Waals surface area contributed by atoms with Crippen LogP contribution in [-0.4, -0.2) is 56.5 Å². The Labute approximate surface area is 112 Å². The van der Waals surface area contributed by atoms with Gasteiger partial charge < -0.3 is 24.1 Å². The average molecular weight is 335 g/mol. The fourth-order valence-electron chi connectivity index (χ4n) is 0.256. The number of hydrogen-bond acceptors (Lipinski definition) is 6. The van der Waals surface area contributed by atoms with Crippen LogP contribution < -0.4 is 0 Å². The van der Waals surface area contributed by atoms with Crippen LogP contribution in [0.1, 0.15) is 6.42 Å². The van der Waals surface area contributed by atoms with E-state index in [-0.39, 0.29) is 6.42 Å². The van der Waals surface area contributed by atoms with Crippen molar-refractivity contribution in [2.75, 3.05) is 26.7 Å². The molecular weight excluding hydrogens is 319 g/mol. The molecule has 1 atom stereocenters. The normalized spacial score (nSPS) is 9.39. The molecule has 0 bridgehead atoms. The monoisotopic (exact) mass is 334 g/mol. The molecule has 1 N–H and O–H groups in total. The molecule has 0 aliphatic heterocycles. The number of carbonyl (C=O) groups excluding carboxylic acids is 2. The van der Waals surface area contributed by atoms with Crippen molar-refractivity contribution in [3.05, 3.63) is 0 Å². The molecule has 0 radical (unpaired) electrons. The van der Waals surface area contributed by atoms with Gasteiger partial charge in [0.15, 0.2) is 12.5 Å². The minimum atomic E-state index is -1.28. The number of alkyl halides is 2. The van der Waals surface area contributed by atoms with E-state index in [1.165, 1.54) is 14.2 Å². The average Bonchev–Trinajstić information content (AvgIpc) is 2.39. The molecule has 7 nitrogen and oxygen atoms in total. The van der Waals surface area contributed by atoms with Crippen LogP contribution in [0.5, 0.6) is 0 Å². The van der Waals surface area contributed by atoms with E-state index in [0.29, 0.717) is 11.6 Å². The second-order valence-electron chi connectivity index (χ2n) is 2.26. The number of methoxy groups -OCH3 is 3. The maximum Gasteiger partial charge on any atom is 0.507 e. The van der Waals surface area contributed by atoms with Crippen LogP contribution >= 0.6 is 15.9 Å². The SMILES string of the molecule is COC(=O)O.COC(=O)OC.O=CC(F)CCBr. The van der Waals surface area contributed by atoms with E-state index < -0.39 is 18.5 Å². The summed E-state index contributed by atoms with van der Waals surface area (Å²) >= 11 is 2.99. The molecule has 1 unspecified atom stereocenters. The second kappa shape index (κ2) is 18.0. The van der Waals surface area contributed by atoms with E-state index in [1.54, 1.807) is 0 Å². The Hall–Kier alpha value is -1.38. The van der Waals surface area contributed by atoms with Gasteiger partial charge in [-0.25, -0.2) is 14.0 Å². The molecule has 0 aromatic heterocycles. The first-order valence-electron chi connectivity index (χ1n) is 4.43. The molecule has 18 heavy (non-hydrogen) atoms. The summed E-state index contributed by atoms with van der Waals surface area (Å²) in [5.41, 5.74) is 0. The van der Waals surface area contributed by atoms with Gasteiger partial charge in [-0.05, 0) is 6.42 Å². The highest BCUT2D eigenvalue weighted by molar-refractivity contribution is 9.09. The summed E-state index contributed by atoms with van der Waals surface area (Å²) in [6.07, 6.45) is -2.59. The van der Waals surface area contributed by atoms with E-state index in [1.807, 2.05) is 0 Å². The predicted octanol–water partition coefficient (Wildman–Crippen LogP) is 2.02. The van der Waals surface area contributed by atoms with Crippen LogP contribution in [0.3, 0.4) is 0 Å². The summed E-state index contributed by atoms with van der Waals surface area (Å²) in [7, 11) is 3.61. The Morgan fingerprint density at radius 1 is 1.28 bits per heavy atom. The van der Waals surface area contributed by atoms with Gasteiger partial charge in [0, 0.05) is 5.33 Å². The second-order valence-corrected chi connectivity index (χ2v) is 3.05. The minimum Gasteiger partial charge on any atom is -0.450 e. The molecule has 0 spiro atoms. The highest BCUT2D eigenvalue weighted by Gasteiger charge is 1.99. The molecule has 0 amide bonds. The topological polar surface area (TPSA) is 99.1 Å². The van der Waals surface area contributed by atoms with Crippen LogP contribution in [0.25, 0.3) is 0 Å². The Kier molecular flexibility index (Phi) is 21.9. The highest BCUT2D eigenvalue weighted by Crippen LogP contribution is 1.95. The molecule has 0 aromatic carbocycles. The van der Waals surface area contributed by atoms with Crippen LogP contribution in [0.4, 0.5) is 14.0 Å². The number of rotatable bonds is 3. The van der Waals surface area contributed by atoms with E-state index in [4.69, 9.17) is 9.90 Å². The highest BCUT2D eigenvalue weighted by atomic mass is 79.9. The van der Waals surface area contributed by atoms with Gasteiger partial charge in [-0.2, -0.15) is 0 Å². The van der Waals surface area contributed by atoms with Crippen molar-refractivity contribution in [3.63, 3.8) is 0 Å². The number of halogens is 2. The Morgan fingerprint density at radius 2 is 1.67 bits per heavy atom. The maximum absolute atomic E-state index is 11.7. The van der Waals surface area contributed by atoms with Crippen molar-refractivity contribution in [1.82, 2.24) is 0 Å². The number of ether oxygens (including phenoxy) is 3. The van der Waals surface area contributed by atoms with Gasteiger partial charge in [-0.3, -0.25) is 0 Å². The van der Waals surface area contributed by atoms with Gasteiger partial charge in [0.1, 0.15) is 0 Å². The predicted molar refractivity (Wildman–Crippen MR) is 63.8 cm³/mol. The van der Waals surface area contributed by atoms with Gasteiger partial charge >= 0.3 is 12.3 Å². The Bertz CT molecular complexity index is 219. The molecule has 9 heteroatoms. The Morgan fingerprint density at radius 3 is 1.72 bits per heavy atom. The third-order valence-corrected chi connectivity index (χ3v) is 1.50. The lowest BCUT2D eigenvalue weighted by atomic mass is 10.3. The van der Waals surface area contributed by atoms with Crippen LogP contribution in [0.2, 0.25) is 0 Å². The molecule has 0 aliphatic carbocycles. The molecule has 0 rings (SSSR count). The standard InChI is InChI=1S/C4H6BrFO.C3H6O3.C2H4O3/c5-2-1-4(6)3-7;1-5-3(4)6-2;1-5-2(3)4/h3-4H,1-2H2;1-2H3;1H3,(H,3,4). The van der Waals surface area contributed by atoms with Gasteiger partial charge in [0.05, 0.1) is 21.3 Å². The summed E-state index contributed by atoms with van der Waals surface area (Å²) in [4.78, 5) is 28.4. The first-order chi connectivity index (χ1) is 8.39. The summed E-state index contributed by atoms with van der Waals surface area (Å²) in [5, 5.41) is 8.05. The third-order valence-electron chi connectivity index (χ3n) is 1.04. The number of aldehydes is 1. The number of carboxylic acid groups (broad SMARTS) is 1. The van der Waals surface area contributed by atoms with E-state index in [9.17, 15) is 14.0 Å². The lowest BCUT2D eigenvalue weighted by Gasteiger charge is -1.89. The minimum absolute atomic E-state index is 0.281.